The van der Waals surface area contributed by atoms with E-state index in [4.69, 9.17) is 0 Å². The first-order chi connectivity index (χ1) is 7.10. The van der Waals surface area contributed by atoms with Crippen LogP contribution in [0.2, 0.25) is 0 Å². The number of aliphatic hydroxyl groups excluding tert-OH is 1. The van der Waals surface area contributed by atoms with Crippen LogP contribution in [0.5, 0.6) is 0 Å². The smallest absolute Gasteiger partial charge is 0.0664 e. The van der Waals surface area contributed by atoms with E-state index in [1.807, 2.05) is 0 Å². The average Bonchev–Trinajstić information content (AvgIpc) is 3.07. The first-order valence-corrected chi connectivity index (χ1v) is 6.53. The van der Waals surface area contributed by atoms with Gasteiger partial charge in [-0.3, -0.25) is 4.90 Å². The number of hydrogen-bond donors (Lipinski definition) is 1. The van der Waals surface area contributed by atoms with Gasteiger partial charge in [-0.05, 0) is 32.1 Å². The molecule has 0 spiro atoms. The van der Waals surface area contributed by atoms with Crippen molar-refractivity contribution < 1.29 is 5.11 Å². The Balaban J connectivity index is 2.49. The number of rotatable bonds is 7. The molecule has 0 bridgehead atoms. The molecule has 1 aliphatic carbocycles. The van der Waals surface area contributed by atoms with Crippen molar-refractivity contribution in [3.63, 3.8) is 0 Å². The third-order valence-electron chi connectivity index (χ3n) is 3.90. The molecule has 90 valence electrons. The van der Waals surface area contributed by atoms with Gasteiger partial charge in [0.25, 0.3) is 0 Å². The average molecular weight is 213 g/mol. The van der Waals surface area contributed by atoms with E-state index >= 15 is 0 Å². The maximum Gasteiger partial charge on any atom is 0.0664 e. The Bertz CT molecular complexity index is 179. The summed E-state index contributed by atoms with van der Waals surface area (Å²) in [5.74, 6) is 0.731. The quantitative estimate of drug-likeness (QED) is 0.703. The van der Waals surface area contributed by atoms with Gasteiger partial charge in [-0.2, -0.15) is 0 Å². The van der Waals surface area contributed by atoms with E-state index in [1.165, 1.54) is 19.3 Å². The zero-order chi connectivity index (χ0) is 11.4. The van der Waals surface area contributed by atoms with Gasteiger partial charge in [-0.15, -0.1) is 0 Å². The molecule has 1 rings (SSSR count). The molecule has 3 unspecified atom stereocenters. The monoisotopic (exact) mass is 213 g/mol. The number of nitrogens with zero attached hydrogens (tertiary/aromatic N) is 1. The third-order valence-corrected chi connectivity index (χ3v) is 3.90. The summed E-state index contributed by atoms with van der Waals surface area (Å²) in [7, 11) is 0. The van der Waals surface area contributed by atoms with Crippen molar-refractivity contribution in [2.45, 2.75) is 71.6 Å². The van der Waals surface area contributed by atoms with Gasteiger partial charge in [0.1, 0.15) is 0 Å². The molecule has 0 amide bonds. The summed E-state index contributed by atoms with van der Waals surface area (Å²) < 4.78 is 0. The van der Waals surface area contributed by atoms with Crippen LogP contribution in [0, 0.1) is 5.92 Å². The van der Waals surface area contributed by atoms with E-state index < -0.39 is 0 Å². The summed E-state index contributed by atoms with van der Waals surface area (Å²) in [6.07, 6.45) is 4.62. The summed E-state index contributed by atoms with van der Waals surface area (Å²) >= 11 is 0. The summed E-state index contributed by atoms with van der Waals surface area (Å²) in [6, 6.07) is 1.37. The molecular formula is C13H27NO. The van der Waals surface area contributed by atoms with Crippen LogP contribution in [0.3, 0.4) is 0 Å². The Morgan fingerprint density at radius 2 is 1.80 bits per heavy atom. The Kier molecular flexibility index (Phi) is 5.07. The van der Waals surface area contributed by atoms with E-state index in [0.29, 0.717) is 6.04 Å². The summed E-state index contributed by atoms with van der Waals surface area (Å²) in [6.45, 7) is 9.81. The molecule has 0 aliphatic heterocycles. The summed E-state index contributed by atoms with van der Waals surface area (Å²) in [4.78, 5) is 2.53. The molecule has 0 radical (unpaired) electrons. The van der Waals surface area contributed by atoms with Crippen LogP contribution >= 0.6 is 0 Å². The van der Waals surface area contributed by atoms with Gasteiger partial charge < -0.3 is 5.11 Å². The molecule has 0 aromatic heterocycles. The van der Waals surface area contributed by atoms with Crippen LogP contribution in [-0.4, -0.2) is 34.7 Å². The second-order valence-electron chi connectivity index (χ2n) is 5.12. The molecular weight excluding hydrogens is 186 g/mol. The van der Waals surface area contributed by atoms with Crippen molar-refractivity contribution in [2.75, 3.05) is 6.54 Å². The molecule has 3 atom stereocenters. The molecule has 2 heteroatoms. The lowest BCUT2D eigenvalue weighted by Gasteiger charge is -2.34. The zero-order valence-electron chi connectivity index (χ0n) is 10.7. The molecule has 1 saturated carbocycles. The van der Waals surface area contributed by atoms with Crippen LogP contribution in [0.1, 0.15) is 53.4 Å². The molecule has 0 aromatic carbocycles. The van der Waals surface area contributed by atoms with Crippen LogP contribution in [0.15, 0.2) is 0 Å². The van der Waals surface area contributed by atoms with Crippen molar-refractivity contribution in [1.82, 2.24) is 4.90 Å². The van der Waals surface area contributed by atoms with Gasteiger partial charge in [0.2, 0.25) is 0 Å². The highest BCUT2D eigenvalue weighted by atomic mass is 16.3. The van der Waals surface area contributed by atoms with Gasteiger partial charge >= 0.3 is 0 Å². The normalized spacial score (nSPS) is 22.8. The Hall–Kier alpha value is -0.0800. The second kappa shape index (κ2) is 5.86. The predicted octanol–water partition coefficient (Wildman–Crippen LogP) is 2.66. The third kappa shape index (κ3) is 3.76. The van der Waals surface area contributed by atoms with E-state index in [0.717, 1.165) is 24.9 Å². The zero-order valence-corrected chi connectivity index (χ0v) is 10.7. The fourth-order valence-corrected chi connectivity index (χ4v) is 2.09. The minimum Gasteiger partial charge on any atom is -0.392 e. The molecule has 1 N–H and O–H groups in total. The highest BCUT2D eigenvalue weighted by Gasteiger charge is 2.34. The minimum absolute atomic E-state index is 0.142. The molecule has 1 fully saturated rings. The number of hydrogen-bond acceptors (Lipinski definition) is 2. The van der Waals surface area contributed by atoms with Crippen LogP contribution in [0.4, 0.5) is 0 Å². The molecule has 15 heavy (non-hydrogen) atoms. The SMILES string of the molecule is CCC(O)CN(C1CC1)C(C)C(C)CC. The standard InChI is InChI=1S/C13H27NO/c1-5-10(3)11(4)14(12-7-8-12)9-13(15)6-2/h10-13,15H,5-9H2,1-4H3. The lowest BCUT2D eigenvalue weighted by atomic mass is 9.98. The highest BCUT2D eigenvalue weighted by molar-refractivity contribution is 4.89. The molecule has 1 aliphatic rings. The topological polar surface area (TPSA) is 23.5 Å². The van der Waals surface area contributed by atoms with Gasteiger partial charge in [-0.1, -0.05) is 27.2 Å². The van der Waals surface area contributed by atoms with E-state index in [1.54, 1.807) is 0 Å². The summed E-state index contributed by atoms with van der Waals surface area (Å²) in [5.41, 5.74) is 0. The fraction of sp³-hybridized carbons (Fsp3) is 1.00. The van der Waals surface area contributed by atoms with Gasteiger partial charge in [0.05, 0.1) is 6.10 Å². The first kappa shape index (κ1) is 13.0. The largest absolute Gasteiger partial charge is 0.392 e. The van der Waals surface area contributed by atoms with Crippen LogP contribution in [-0.2, 0) is 0 Å². The van der Waals surface area contributed by atoms with Crippen molar-refractivity contribution in [3.8, 4) is 0 Å². The van der Waals surface area contributed by atoms with E-state index in [2.05, 4.69) is 32.6 Å². The molecule has 0 heterocycles. The molecule has 2 nitrogen and oxygen atoms in total. The lowest BCUT2D eigenvalue weighted by molar-refractivity contribution is 0.0660. The van der Waals surface area contributed by atoms with E-state index in [-0.39, 0.29) is 6.10 Å². The summed E-state index contributed by atoms with van der Waals surface area (Å²) in [5, 5.41) is 9.77. The maximum atomic E-state index is 9.77. The van der Waals surface area contributed by atoms with Gasteiger partial charge in [0.15, 0.2) is 0 Å². The second-order valence-corrected chi connectivity index (χ2v) is 5.12. The minimum atomic E-state index is -0.142. The molecule has 0 saturated heterocycles. The van der Waals surface area contributed by atoms with Crippen molar-refractivity contribution in [3.05, 3.63) is 0 Å². The Morgan fingerprint density at radius 1 is 1.20 bits per heavy atom. The first-order valence-electron chi connectivity index (χ1n) is 6.53. The van der Waals surface area contributed by atoms with Gasteiger partial charge in [-0.25, -0.2) is 0 Å². The number of aliphatic hydroxyl groups is 1. The predicted molar refractivity (Wildman–Crippen MR) is 64.9 cm³/mol. The van der Waals surface area contributed by atoms with Crippen molar-refractivity contribution in [2.24, 2.45) is 5.92 Å². The highest BCUT2D eigenvalue weighted by Crippen LogP contribution is 2.31. The Labute approximate surface area is 94.7 Å². The lowest BCUT2D eigenvalue weighted by Crippen LogP contribution is -2.43. The van der Waals surface area contributed by atoms with Crippen LogP contribution < -0.4 is 0 Å². The van der Waals surface area contributed by atoms with Crippen molar-refractivity contribution >= 4 is 0 Å². The van der Waals surface area contributed by atoms with Crippen molar-refractivity contribution in [1.29, 1.82) is 0 Å². The van der Waals surface area contributed by atoms with Gasteiger partial charge in [0, 0.05) is 18.6 Å². The maximum absolute atomic E-state index is 9.77. The fourth-order valence-electron chi connectivity index (χ4n) is 2.09. The van der Waals surface area contributed by atoms with E-state index in [9.17, 15) is 5.11 Å². The Morgan fingerprint density at radius 3 is 2.20 bits per heavy atom. The van der Waals surface area contributed by atoms with Crippen LogP contribution in [0.25, 0.3) is 0 Å². The molecule has 0 aromatic rings.